The van der Waals surface area contributed by atoms with Gasteiger partial charge in [-0.2, -0.15) is 35.1 Å². The van der Waals surface area contributed by atoms with Gasteiger partial charge in [0.1, 0.15) is 11.5 Å². The van der Waals surface area contributed by atoms with E-state index in [4.69, 9.17) is 0 Å². The molecule has 12 heteroatoms. The molecule has 0 amide bonds. The number of rotatable bonds is 6. The molecule has 0 spiro atoms. The fourth-order valence-electron chi connectivity index (χ4n) is 1.20. The van der Waals surface area contributed by atoms with E-state index in [1.165, 1.54) is 31.9 Å². The number of hydrogen-bond acceptors (Lipinski definition) is 2. The van der Waals surface area contributed by atoms with Crippen molar-refractivity contribution >= 4 is 31.9 Å². The van der Waals surface area contributed by atoms with Crippen molar-refractivity contribution < 1.29 is 44.6 Å². The molecule has 1 aromatic rings. The highest BCUT2D eigenvalue weighted by Gasteiger charge is 2.59. The molecule has 0 heterocycles. The zero-order valence-corrected chi connectivity index (χ0v) is 14.0. The highest BCUT2D eigenvalue weighted by atomic mass is 79.9. The first-order chi connectivity index (χ1) is 10.1. The second-order valence-electron chi connectivity index (χ2n) is 4.16. The summed E-state index contributed by atoms with van der Waals surface area (Å²) in [6.07, 6.45) is -9.87. The molecule has 0 saturated heterocycles. The van der Waals surface area contributed by atoms with Gasteiger partial charge in [0, 0.05) is 31.9 Å². The van der Waals surface area contributed by atoms with Crippen LogP contribution in [0.15, 0.2) is 18.2 Å². The summed E-state index contributed by atoms with van der Waals surface area (Å²) in [6.45, 7) is 1.04. The van der Waals surface area contributed by atoms with Gasteiger partial charge in [-0.3, -0.25) is 0 Å². The zero-order valence-electron chi connectivity index (χ0n) is 10.8. The summed E-state index contributed by atoms with van der Waals surface area (Å²) in [5.41, 5.74) is -0.326. The summed E-state index contributed by atoms with van der Waals surface area (Å²) in [6, 6.07) is 1.82. The standard InChI is InChI=1S/C11H6Br2F8O2/c1-5-4-6(22-10(18,19)8(12,14)15)2-3-7(5)23-11(20,21)9(13,16)17/h2-4H,1H3. The van der Waals surface area contributed by atoms with Crippen LogP contribution in [0.2, 0.25) is 0 Å². The van der Waals surface area contributed by atoms with Crippen LogP contribution in [-0.2, 0) is 0 Å². The molecule has 23 heavy (non-hydrogen) atoms. The minimum absolute atomic E-state index is 0.326. The number of aryl methyl sites for hydroxylation is 1. The van der Waals surface area contributed by atoms with Crippen LogP contribution < -0.4 is 9.47 Å². The van der Waals surface area contributed by atoms with E-state index in [-0.39, 0.29) is 5.56 Å². The van der Waals surface area contributed by atoms with E-state index in [9.17, 15) is 35.1 Å². The van der Waals surface area contributed by atoms with Gasteiger partial charge in [-0.15, -0.1) is 0 Å². The van der Waals surface area contributed by atoms with Crippen LogP contribution in [0.1, 0.15) is 5.56 Å². The Morgan fingerprint density at radius 3 is 1.61 bits per heavy atom. The molecule has 2 nitrogen and oxygen atoms in total. The summed E-state index contributed by atoms with van der Waals surface area (Å²) in [5, 5.41) is 0. The van der Waals surface area contributed by atoms with Crippen LogP contribution in [-0.4, -0.2) is 21.9 Å². The van der Waals surface area contributed by atoms with Crippen LogP contribution in [0.3, 0.4) is 0 Å². The molecule has 1 rings (SSSR count). The maximum absolute atomic E-state index is 13.0. The lowest BCUT2D eigenvalue weighted by atomic mass is 10.2. The molecule has 0 aliphatic rings. The smallest absolute Gasteiger partial charge is 0.427 e. The lowest BCUT2D eigenvalue weighted by molar-refractivity contribution is -0.267. The molecule has 0 aliphatic heterocycles. The van der Waals surface area contributed by atoms with Gasteiger partial charge in [-0.05, 0) is 30.7 Å². The molecule has 0 aliphatic carbocycles. The molecular formula is C11H6Br2F8O2. The third-order valence-electron chi connectivity index (χ3n) is 2.29. The number of benzene rings is 1. The van der Waals surface area contributed by atoms with Crippen LogP contribution in [0, 0.1) is 6.92 Å². The quantitative estimate of drug-likeness (QED) is 0.371. The second kappa shape index (κ2) is 6.26. The van der Waals surface area contributed by atoms with Crippen LogP contribution in [0.5, 0.6) is 11.5 Å². The predicted octanol–water partition coefficient (Wildman–Crippen LogP) is 5.91. The van der Waals surface area contributed by atoms with Crippen LogP contribution in [0.4, 0.5) is 35.1 Å². The Morgan fingerprint density at radius 2 is 1.22 bits per heavy atom. The molecule has 132 valence electrons. The molecule has 0 bridgehead atoms. The first kappa shape index (κ1) is 20.3. The summed E-state index contributed by atoms with van der Waals surface area (Å²) in [7, 11) is 0. The first-order valence-electron chi connectivity index (χ1n) is 5.44. The highest BCUT2D eigenvalue weighted by Crippen LogP contribution is 2.43. The van der Waals surface area contributed by atoms with Crippen LogP contribution >= 0.6 is 31.9 Å². The number of ether oxygens (including phenoxy) is 2. The van der Waals surface area contributed by atoms with E-state index in [1.807, 2.05) is 0 Å². The summed E-state index contributed by atoms with van der Waals surface area (Å²) >= 11 is 2.87. The Labute approximate surface area is 141 Å². The maximum Gasteiger partial charge on any atom is 0.475 e. The molecule has 0 unspecified atom stereocenters. The Balaban J connectivity index is 3.00. The van der Waals surface area contributed by atoms with Crippen molar-refractivity contribution in [1.29, 1.82) is 0 Å². The van der Waals surface area contributed by atoms with Crippen molar-refractivity contribution in [3.8, 4) is 11.5 Å². The molecular weight excluding hydrogens is 476 g/mol. The number of halogens is 10. The van der Waals surface area contributed by atoms with Gasteiger partial charge in [0.25, 0.3) is 0 Å². The monoisotopic (exact) mass is 480 g/mol. The van der Waals surface area contributed by atoms with Crippen molar-refractivity contribution in [2.24, 2.45) is 0 Å². The largest absolute Gasteiger partial charge is 0.475 e. The molecule has 0 radical (unpaired) electrons. The molecule has 0 saturated carbocycles. The van der Waals surface area contributed by atoms with Crippen molar-refractivity contribution in [2.45, 2.75) is 28.8 Å². The Morgan fingerprint density at radius 1 is 0.783 bits per heavy atom. The minimum atomic E-state index is -4.94. The zero-order chi connectivity index (χ0) is 18.3. The molecule has 0 N–H and O–H groups in total. The summed E-state index contributed by atoms with van der Waals surface area (Å²) < 4.78 is 110. The van der Waals surface area contributed by atoms with Gasteiger partial charge >= 0.3 is 21.9 Å². The fraction of sp³-hybridized carbons (Fsp3) is 0.455. The summed E-state index contributed by atoms with van der Waals surface area (Å²) in [5.74, 6) is -1.59. The minimum Gasteiger partial charge on any atom is -0.427 e. The Bertz CT molecular complexity index is 568. The second-order valence-corrected chi connectivity index (χ2v) is 6.15. The number of hydrogen-bond donors (Lipinski definition) is 0. The third-order valence-corrected chi connectivity index (χ3v) is 3.21. The van der Waals surface area contributed by atoms with E-state index in [2.05, 4.69) is 9.47 Å². The van der Waals surface area contributed by atoms with E-state index in [0.29, 0.717) is 18.2 Å². The lowest BCUT2D eigenvalue weighted by Gasteiger charge is -2.24. The Kier molecular flexibility index (Phi) is 5.52. The fourth-order valence-corrected chi connectivity index (χ4v) is 1.36. The van der Waals surface area contributed by atoms with E-state index >= 15 is 0 Å². The summed E-state index contributed by atoms with van der Waals surface area (Å²) in [4.78, 5) is -9.37. The van der Waals surface area contributed by atoms with Gasteiger partial charge in [0.15, 0.2) is 0 Å². The van der Waals surface area contributed by atoms with Gasteiger partial charge < -0.3 is 9.47 Å². The predicted molar refractivity (Wildman–Crippen MR) is 70.1 cm³/mol. The topological polar surface area (TPSA) is 18.5 Å². The van der Waals surface area contributed by atoms with Crippen molar-refractivity contribution in [3.63, 3.8) is 0 Å². The lowest BCUT2D eigenvalue weighted by Crippen LogP contribution is -2.41. The van der Waals surface area contributed by atoms with Gasteiger partial charge in [0.2, 0.25) is 0 Å². The van der Waals surface area contributed by atoms with E-state index in [0.717, 1.165) is 6.92 Å². The van der Waals surface area contributed by atoms with Crippen molar-refractivity contribution in [2.75, 3.05) is 0 Å². The third kappa shape index (κ3) is 4.85. The van der Waals surface area contributed by atoms with Crippen molar-refractivity contribution in [1.82, 2.24) is 0 Å². The van der Waals surface area contributed by atoms with Crippen molar-refractivity contribution in [3.05, 3.63) is 23.8 Å². The number of alkyl halides is 10. The molecule has 0 atom stereocenters. The van der Waals surface area contributed by atoms with Crippen LogP contribution in [0.25, 0.3) is 0 Å². The average molecular weight is 482 g/mol. The normalized spacial score (nSPS) is 13.9. The first-order valence-corrected chi connectivity index (χ1v) is 7.03. The molecule has 0 aromatic heterocycles. The van der Waals surface area contributed by atoms with E-state index in [1.54, 1.807) is 0 Å². The maximum atomic E-state index is 13.0. The SMILES string of the molecule is Cc1cc(OC(F)(F)C(F)(F)Br)ccc1OC(F)(F)C(F)(F)Br. The van der Waals surface area contributed by atoms with E-state index < -0.39 is 33.4 Å². The van der Waals surface area contributed by atoms with Gasteiger partial charge in [-0.25, -0.2) is 0 Å². The van der Waals surface area contributed by atoms with Gasteiger partial charge in [-0.1, -0.05) is 0 Å². The molecule has 0 fully saturated rings. The highest BCUT2D eigenvalue weighted by molar-refractivity contribution is 9.10. The Hall–Kier alpha value is -0.780. The van der Waals surface area contributed by atoms with Gasteiger partial charge in [0.05, 0.1) is 0 Å². The molecule has 1 aromatic carbocycles. The average Bonchev–Trinajstić information content (AvgIpc) is 2.29.